The van der Waals surface area contributed by atoms with Crippen LogP contribution in [0.4, 0.5) is 0 Å². The second-order valence-electron chi connectivity index (χ2n) is 4.49. The summed E-state index contributed by atoms with van der Waals surface area (Å²) >= 11 is 5.81. The Kier molecular flexibility index (Phi) is 4.02. The van der Waals surface area contributed by atoms with Crippen molar-refractivity contribution in [3.63, 3.8) is 0 Å². The Hall–Kier alpha value is -1.06. The Morgan fingerprint density at radius 2 is 1.76 bits per heavy atom. The van der Waals surface area contributed by atoms with Gasteiger partial charge in [0.25, 0.3) is 0 Å². The molecule has 0 atom stereocenters. The van der Waals surface area contributed by atoms with Crippen LogP contribution in [0, 0.1) is 0 Å². The van der Waals surface area contributed by atoms with Gasteiger partial charge in [-0.05, 0) is 24.7 Å². The van der Waals surface area contributed by atoms with Gasteiger partial charge in [-0.2, -0.15) is 0 Å². The molecular formula is C13H17ClN2O. The normalized spacial score (nSPS) is 17.2. The maximum atomic E-state index is 12.0. The highest BCUT2D eigenvalue weighted by atomic mass is 35.5. The first-order chi connectivity index (χ1) is 8.15. The smallest absolute Gasteiger partial charge is 0.227 e. The van der Waals surface area contributed by atoms with Gasteiger partial charge < -0.3 is 9.80 Å². The first kappa shape index (κ1) is 12.4. The molecule has 0 N–H and O–H groups in total. The molecule has 1 aliphatic rings. The van der Waals surface area contributed by atoms with Crippen LogP contribution in [0.3, 0.4) is 0 Å². The summed E-state index contributed by atoms with van der Waals surface area (Å²) in [6.07, 6.45) is 0.473. The van der Waals surface area contributed by atoms with Gasteiger partial charge in [0.2, 0.25) is 5.91 Å². The summed E-state index contributed by atoms with van der Waals surface area (Å²) in [5.74, 6) is 0.209. The van der Waals surface area contributed by atoms with E-state index in [9.17, 15) is 4.79 Å². The lowest BCUT2D eigenvalue weighted by Crippen LogP contribution is -2.47. The summed E-state index contributed by atoms with van der Waals surface area (Å²) in [7, 11) is 2.08. The summed E-state index contributed by atoms with van der Waals surface area (Å²) in [6.45, 7) is 3.60. The minimum Gasteiger partial charge on any atom is -0.340 e. The number of likely N-dealkylation sites (N-methyl/N-ethyl adjacent to an activating group) is 1. The van der Waals surface area contributed by atoms with E-state index >= 15 is 0 Å². The number of nitrogens with zero attached hydrogens (tertiary/aromatic N) is 2. The third-order valence-electron chi connectivity index (χ3n) is 3.12. The number of piperazine rings is 1. The van der Waals surface area contributed by atoms with Crippen molar-refractivity contribution >= 4 is 17.5 Å². The van der Waals surface area contributed by atoms with Gasteiger partial charge in [0.1, 0.15) is 0 Å². The topological polar surface area (TPSA) is 23.6 Å². The van der Waals surface area contributed by atoms with Crippen molar-refractivity contribution < 1.29 is 4.79 Å². The van der Waals surface area contributed by atoms with Crippen LogP contribution in [0.2, 0.25) is 5.02 Å². The minimum absolute atomic E-state index is 0.209. The Morgan fingerprint density at radius 1 is 1.18 bits per heavy atom. The molecule has 0 saturated carbocycles. The molecule has 0 spiro atoms. The summed E-state index contributed by atoms with van der Waals surface area (Å²) in [6, 6.07) is 7.48. The average molecular weight is 253 g/mol. The molecule has 0 radical (unpaired) electrons. The molecule has 0 bridgehead atoms. The van der Waals surface area contributed by atoms with E-state index in [0.717, 1.165) is 31.7 Å². The lowest BCUT2D eigenvalue weighted by molar-refractivity contribution is -0.132. The minimum atomic E-state index is 0.209. The van der Waals surface area contributed by atoms with Crippen LogP contribution in [0.25, 0.3) is 0 Å². The van der Waals surface area contributed by atoms with Gasteiger partial charge in [-0.15, -0.1) is 0 Å². The molecule has 1 aromatic rings. The molecule has 4 heteroatoms. The number of hydrogen-bond donors (Lipinski definition) is 0. The molecule has 0 aliphatic carbocycles. The Bertz CT molecular complexity index is 383. The van der Waals surface area contributed by atoms with Crippen molar-refractivity contribution in [2.75, 3.05) is 33.2 Å². The fourth-order valence-electron chi connectivity index (χ4n) is 1.94. The summed E-state index contributed by atoms with van der Waals surface area (Å²) < 4.78 is 0. The number of rotatable bonds is 2. The van der Waals surface area contributed by atoms with Crippen molar-refractivity contribution in [3.05, 3.63) is 34.9 Å². The van der Waals surface area contributed by atoms with E-state index < -0.39 is 0 Å². The van der Waals surface area contributed by atoms with Crippen molar-refractivity contribution in [3.8, 4) is 0 Å². The van der Waals surface area contributed by atoms with Crippen molar-refractivity contribution in [1.29, 1.82) is 0 Å². The molecule has 0 unspecified atom stereocenters. The maximum absolute atomic E-state index is 12.0. The highest BCUT2D eigenvalue weighted by molar-refractivity contribution is 6.30. The second-order valence-corrected chi connectivity index (χ2v) is 4.92. The molecular weight excluding hydrogens is 236 g/mol. The number of carbonyl (C=O) groups excluding carboxylic acids is 1. The Labute approximate surface area is 107 Å². The molecule has 0 aromatic heterocycles. The zero-order valence-corrected chi connectivity index (χ0v) is 10.8. The van der Waals surface area contributed by atoms with Crippen LogP contribution < -0.4 is 0 Å². The van der Waals surface area contributed by atoms with Gasteiger partial charge in [-0.3, -0.25) is 4.79 Å². The first-order valence-electron chi connectivity index (χ1n) is 5.86. The number of carbonyl (C=O) groups is 1. The standard InChI is InChI=1S/C13H17ClN2O/c1-15-6-8-16(9-7-15)13(17)10-11-2-4-12(14)5-3-11/h2-5H,6-10H2,1H3. The highest BCUT2D eigenvalue weighted by Gasteiger charge is 2.18. The fraction of sp³-hybridized carbons (Fsp3) is 0.462. The molecule has 1 aliphatic heterocycles. The van der Waals surface area contributed by atoms with Crippen LogP contribution >= 0.6 is 11.6 Å². The van der Waals surface area contributed by atoms with Crippen LogP contribution in [-0.4, -0.2) is 48.9 Å². The maximum Gasteiger partial charge on any atom is 0.227 e. The molecule has 1 fully saturated rings. The van der Waals surface area contributed by atoms with E-state index in [0.29, 0.717) is 11.4 Å². The molecule has 2 rings (SSSR count). The van der Waals surface area contributed by atoms with Gasteiger partial charge >= 0.3 is 0 Å². The predicted molar refractivity (Wildman–Crippen MR) is 69.2 cm³/mol. The zero-order valence-electron chi connectivity index (χ0n) is 10.0. The van der Waals surface area contributed by atoms with E-state index in [1.54, 1.807) is 0 Å². The summed E-state index contributed by atoms with van der Waals surface area (Å²) in [5, 5.41) is 0.709. The quantitative estimate of drug-likeness (QED) is 0.799. The van der Waals surface area contributed by atoms with Gasteiger partial charge in [0.15, 0.2) is 0 Å². The average Bonchev–Trinajstić information content (AvgIpc) is 2.33. The Morgan fingerprint density at radius 3 is 2.35 bits per heavy atom. The lowest BCUT2D eigenvalue weighted by Gasteiger charge is -2.32. The largest absolute Gasteiger partial charge is 0.340 e. The van der Waals surface area contributed by atoms with E-state index in [1.807, 2.05) is 29.2 Å². The second kappa shape index (κ2) is 5.52. The molecule has 1 aromatic carbocycles. The monoisotopic (exact) mass is 252 g/mol. The van der Waals surface area contributed by atoms with Crippen LogP contribution in [0.5, 0.6) is 0 Å². The summed E-state index contributed by atoms with van der Waals surface area (Å²) in [4.78, 5) is 16.2. The van der Waals surface area contributed by atoms with Crippen LogP contribution in [0.15, 0.2) is 24.3 Å². The summed E-state index contributed by atoms with van der Waals surface area (Å²) in [5.41, 5.74) is 1.03. The molecule has 1 amide bonds. The van der Waals surface area contributed by atoms with E-state index in [2.05, 4.69) is 11.9 Å². The SMILES string of the molecule is CN1CCN(C(=O)Cc2ccc(Cl)cc2)CC1. The number of hydrogen-bond acceptors (Lipinski definition) is 2. The van der Waals surface area contributed by atoms with Crippen molar-refractivity contribution in [2.24, 2.45) is 0 Å². The van der Waals surface area contributed by atoms with Crippen molar-refractivity contribution in [1.82, 2.24) is 9.80 Å². The first-order valence-corrected chi connectivity index (χ1v) is 6.24. The zero-order chi connectivity index (χ0) is 12.3. The van der Waals surface area contributed by atoms with Gasteiger partial charge in [-0.1, -0.05) is 23.7 Å². The number of benzene rings is 1. The molecule has 1 saturated heterocycles. The van der Waals surface area contributed by atoms with E-state index in [1.165, 1.54) is 0 Å². The molecule has 3 nitrogen and oxygen atoms in total. The predicted octanol–water partition coefficient (Wildman–Crippen LogP) is 1.66. The van der Waals surface area contributed by atoms with Crippen molar-refractivity contribution in [2.45, 2.75) is 6.42 Å². The number of amides is 1. The van der Waals surface area contributed by atoms with Gasteiger partial charge in [0, 0.05) is 31.2 Å². The fourth-order valence-corrected chi connectivity index (χ4v) is 2.07. The van der Waals surface area contributed by atoms with Crippen LogP contribution in [-0.2, 0) is 11.2 Å². The van der Waals surface area contributed by atoms with Crippen LogP contribution in [0.1, 0.15) is 5.56 Å². The van der Waals surface area contributed by atoms with E-state index in [-0.39, 0.29) is 5.91 Å². The lowest BCUT2D eigenvalue weighted by atomic mass is 10.1. The third kappa shape index (κ3) is 3.45. The molecule has 17 heavy (non-hydrogen) atoms. The molecule has 92 valence electrons. The Balaban J connectivity index is 1.90. The van der Waals surface area contributed by atoms with Gasteiger partial charge in [0.05, 0.1) is 6.42 Å². The highest BCUT2D eigenvalue weighted by Crippen LogP contribution is 2.11. The number of halogens is 1. The third-order valence-corrected chi connectivity index (χ3v) is 3.38. The van der Waals surface area contributed by atoms with E-state index in [4.69, 9.17) is 11.6 Å². The van der Waals surface area contributed by atoms with Gasteiger partial charge in [-0.25, -0.2) is 0 Å². The molecule has 1 heterocycles.